The molecule has 0 bridgehead atoms. The van der Waals surface area contributed by atoms with Crippen LogP contribution in [0.25, 0.3) is 0 Å². The van der Waals surface area contributed by atoms with Gasteiger partial charge in [-0.1, -0.05) is 36.4 Å². The molecular formula is C29H24N2O7. The Bertz CT molecular complexity index is 1420. The third-order valence-corrected chi connectivity index (χ3v) is 7.27. The van der Waals surface area contributed by atoms with E-state index in [4.69, 9.17) is 4.74 Å². The fourth-order valence-corrected chi connectivity index (χ4v) is 5.30. The quantitative estimate of drug-likeness (QED) is 0.148. The van der Waals surface area contributed by atoms with Gasteiger partial charge < -0.3 is 4.74 Å². The Kier molecular flexibility index (Phi) is 6.83. The number of nitro groups is 1. The molecule has 1 saturated carbocycles. The van der Waals surface area contributed by atoms with E-state index in [0.29, 0.717) is 18.5 Å². The predicted octanol–water partition coefficient (Wildman–Crippen LogP) is 4.71. The van der Waals surface area contributed by atoms with E-state index in [1.54, 1.807) is 12.1 Å². The largest absolute Gasteiger partial charge is 0.454 e. The first-order valence-electron chi connectivity index (χ1n) is 12.3. The molecule has 0 unspecified atom stereocenters. The standard InChI is InChI=1S/C29H24N2O7/c32-26(19-9-12-22(13-10-19)31(36)37)17-38-29(35)21-7-4-8-23(15-21)30-27(33)24-14-11-20(16-25(24)28(30)34)18-5-2-1-3-6-18/h1-10,12-13,15,20,24-25H,11,14,16-17H2/t20-,24+,25-/m0/s1. The van der Waals surface area contributed by atoms with Gasteiger partial charge in [0.25, 0.3) is 5.69 Å². The average molecular weight is 513 g/mol. The number of anilines is 1. The summed E-state index contributed by atoms with van der Waals surface area (Å²) in [5.74, 6) is -2.41. The number of carbonyl (C=O) groups is 4. The fourth-order valence-electron chi connectivity index (χ4n) is 5.30. The summed E-state index contributed by atoms with van der Waals surface area (Å²) < 4.78 is 5.14. The SMILES string of the molecule is O=C(COC(=O)c1cccc(N2C(=O)[C@H]3C[C@@H](c4ccccc4)CC[C@H]3C2=O)c1)c1ccc([N+](=O)[O-])cc1. The number of ketones is 1. The number of esters is 1. The van der Waals surface area contributed by atoms with Crippen LogP contribution in [0, 0.1) is 22.0 Å². The third-order valence-electron chi connectivity index (χ3n) is 7.27. The fraction of sp³-hybridized carbons (Fsp3) is 0.241. The van der Waals surface area contributed by atoms with E-state index in [2.05, 4.69) is 0 Å². The summed E-state index contributed by atoms with van der Waals surface area (Å²) in [6, 6.07) is 21.0. The molecule has 38 heavy (non-hydrogen) atoms. The molecule has 1 saturated heterocycles. The molecule has 192 valence electrons. The van der Waals surface area contributed by atoms with Crippen LogP contribution in [0.1, 0.15) is 51.5 Å². The maximum absolute atomic E-state index is 13.3. The van der Waals surface area contributed by atoms with Crippen LogP contribution in [0.3, 0.4) is 0 Å². The van der Waals surface area contributed by atoms with Gasteiger partial charge in [-0.05, 0) is 61.1 Å². The second-order valence-corrected chi connectivity index (χ2v) is 9.50. The van der Waals surface area contributed by atoms with Crippen molar-refractivity contribution < 1.29 is 28.8 Å². The summed E-state index contributed by atoms with van der Waals surface area (Å²) >= 11 is 0. The Hall–Kier alpha value is -4.66. The molecule has 3 aromatic carbocycles. The molecule has 2 aliphatic rings. The highest BCUT2D eigenvalue weighted by Gasteiger charge is 2.50. The van der Waals surface area contributed by atoms with E-state index < -0.39 is 29.2 Å². The molecule has 1 aliphatic heterocycles. The second-order valence-electron chi connectivity index (χ2n) is 9.50. The molecule has 9 heteroatoms. The van der Waals surface area contributed by atoms with Crippen molar-refractivity contribution in [1.82, 2.24) is 0 Å². The van der Waals surface area contributed by atoms with E-state index >= 15 is 0 Å². The molecule has 0 radical (unpaired) electrons. The molecule has 5 rings (SSSR count). The Morgan fingerprint density at radius 3 is 2.29 bits per heavy atom. The predicted molar refractivity (Wildman–Crippen MR) is 137 cm³/mol. The Morgan fingerprint density at radius 1 is 0.868 bits per heavy atom. The maximum atomic E-state index is 13.3. The highest BCUT2D eigenvalue weighted by molar-refractivity contribution is 6.22. The first kappa shape index (κ1) is 25.0. The van der Waals surface area contributed by atoms with E-state index in [1.165, 1.54) is 41.3 Å². The Labute approximate surface area is 218 Å². The molecule has 2 amide bonds. The number of Topliss-reactive ketones (excluding diaryl/α,β-unsaturated/α-hetero) is 1. The number of carbonyl (C=O) groups excluding carboxylic acids is 4. The van der Waals surface area contributed by atoms with Gasteiger partial charge in [-0.3, -0.25) is 29.4 Å². The van der Waals surface area contributed by atoms with Gasteiger partial charge in [0.05, 0.1) is 28.0 Å². The van der Waals surface area contributed by atoms with Crippen LogP contribution in [0.2, 0.25) is 0 Å². The molecule has 1 aliphatic carbocycles. The third kappa shape index (κ3) is 4.82. The van der Waals surface area contributed by atoms with Crippen LogP contribution >= 0.6 is 0 Å². The highest BCUT2D eigenvalue weighted by atomic mass is 16.6. The van der Waals surface area contributed by atoms with Crippen LogP contribution in [0.4, 0.5) is 11.4 Å². The van der Waals surface area contributed by atoms with Gasteiger partial charge >= 0.3 is 5.97 Å². The lowest BCUT2D eigenvalue weighted by atomic mass is 9.73. The number of hydrogen-bond donors (Lipinski definition) is 0. The number of nitrogens with zero attached hydrogens (tertiary/aromatic N) is 2. The molecule has 3 aromatic rings. The number of fused-ring (bicyclic) bond motifs is 1. The number of hydrogen-bond acceptors (Lipinski definition) is 7. The highest BCUT2D eigenvalue weighted by Crippen LogP contribution is 2.45. The number of nitro benzene ring substituents is 1. The van der Waals surface area contributed by atoms with Crippen molar-refractivity contribution in [2.24, 2.45) is 11.8 Å². The van der Waals surface area contributed by atoms with Gasteiger partial charge in [0.15, 0.2) is 12.4 Å². The lowest BCUT2D eigenvalue weighted by molar-refractivity contribution is -0.384. The van der Waals surface area contributed by atoms with Gasteiger partial charge in [0.2, 0.25) is 11.8 Å². The lowest BCUT2D eigenvalue weighted by Gasteiger charge is -2.28. The van der Waals surface area contributed by atoms with Crippen molar-refractivity contribution in [2.45, 2.75) is 25.2 Å². The van der Waals surface area contributed by atoms with Gasteiger partial charge in [-0.15, -0.1) is 0 Å². The van der Waals surface area contributed by atoms with E-state index in [0.717, 1.165) is 12.0 Å². The minimum absolute atomic E-state index is 0.0941. The molecule has 2 fully saturated rings. The van der Waals surface area contributed by atoms with Crippen molar-refractivity contribution >= 4 is 34.9 Å². The summed E-state index contributed by atoms with van der Waals surface area (Å²) in [6.07, 6.45) is 2.05. The molecule has 0 N–H and O–H groups in total. The summed E-state index contributed by atoms with van der Waals surface area (Å²) in [5, 5.41) is 10.8. The zero-order chi connectivity index (χ0) is 26.8. The molecular weight excluding hydrogens is 488 g/mol. The number of amides is 2. The van der Waals surface area contributed by atoms with E-state index in [1.807, 2.05) is 30.3 Å². The zero-order valence-electron chi connectivity index (χ0n) is 20.3. The first-order valence-corrected chi connectivity index (χ1v) is 12.3. The van der Waals surface area contributed by atoms with Crippen LogP contribution in [-0.4, -0.2) is 35.1 Å². The van der Waals surface area contributed by atoms with Crippen molar-refractivity contribution in [2.75, 3.05) is 11.5 Å². The molecule has 1 heterocycles. The van der Waals surface area contributed by atoms with E-state index in [-0.39, 0.29) is 40.5 Å². The van der Waals surface area contributed by atoms with Gasteiger partial charge in [0, 0.05) is 17.7 Å². The first-order chi connectivity index (χ1) is 18.3. The Balaban J connectivity index is 1.26. The summed E-state index contributed by atoms with van der Waals surface area (Å²) in [7, 11) is 0. The summed E-state index contributed by atoms with van der Waals surface area (Å²) in [5.41, 5.74) is 1.56. The summed E-state index contributed by atoms with van der Waals surface area (Å²) in [6.45, 7) is -0.562. The van der Waals surface area contributed by atoms with Crippen molar-refractivity contribution in [3.05, 3.63) is 106 Å². The summed E-state index contributed by atoms with van der Waals surface area (Å²) in [4.78, 5) is 62.9. The van der Waals surface area contributed by atoms with Gasteiger partial charge in [-0.2, -0.15) is 0 Å². The topological polar surface area (TPSA) is 124 Å². The second kappa shape index (κ2) is 10.4. The number of rotatable bonds is 7. The number of non-ortho nitro benzene ring substituents is 1. The normalized spacial score (nSPS) is 20.6. The number of benzene rings is 3. The molecule has 0 aromatic heterocycles. The van der Waals surface area contributed by atoms with Gasteiger partial charge in [0.1, 0.15) is 0 Å². The molecule has 0 spiro atoms. The van der Waals surface area contributed by atoms with E-state index in [9.17, 15) is 29.3 Å². The maximum Gasteiger partial charge on any atom is 0.338 e. The van der Waals surface area contributed by atoms with Crippen molar-refractivity contribution in [1.29, 1.82) is 0 Å². The van der Waals surface area contributed by atoms with Crippen LogP contribution in [-0.2, 0) is 14.3 Å². The number of ether oxygens (including phenoxy) is 1. The molecule has 3 atom stereocenters. The lowest BCUT2D eigenvalue weighted by Crippen LogP contribution is -2.31. The minimum Gasteiger partial charge on any atom is -0.454 e. The zero-order valence-corrected chi connectivity index (χ0v) is 20.3. The van der Waals surface area contributed by atoms with Crippen molar-refractivity contribution in [3.63, 3.8) is 0 Å². The number of imide groups is 1. The van der Waals surface area contributed by atoms with Crippen LogP contribution in [0.5, 0.6) is 0 Å². The molecule has 9 nitrogen and oxygen atoms in total. The van der Waals surface area contributed by atoms with Crippen LogP contribution in [0.15, 0.2) is 78.9 Å². The van der Waals surface area contributed by atoms with Crippen LogP contribution < -0.4 is 4.90 Å². The smallest absolute Gasteiger partial charge is 0.338 e. The monoisotopic (exact) mass is 512 g/mol. The Morgan fingerprint density at radius 2 is 1.58 bits per heavy atom. The average Bonchev–Trinajstić information content (AvgIpc) is 3.20. The minimum atomic E-state index is -0.789. The van der Waals surface area contributed by atoms with Gasteiger partial charge in [-0.25, -0.2) is 4.79 Å². The van der Waals surface area contributed by atoms with Crippen molar-refractivity contribution in [3.8, 4) is 0 Å².